The summed E-state index contributed by atoms with van der Waals surface area (Å²) in [4.78, 5) is 22.9. The lowest BCUT2D eigenvalue weighted by Crippen LogP contribution is -2.30. The minimum absolute atomic E-state index is 0.107. The number of thioether (sulfide) groups is 1. The zero-order valence-electron chi connectivity index (χ0n) is 22.0. The second-order valence-electron chi connectivity index (χ2n) is 8.74. The van der Waals surface area contributed by atoms with Gasteiger partial charge in [0.15, 0.2) is 11.0 Å². The molecule has 0 atom stereocenters. The largest absolute Gasteiger partial charge is 0.573 e. The van der Waals surface area contributed by atoms with Gasteiger partial charge < -0.3 is 9.47 Å². The number of methoxy groups -OCH3 is 1. The fraction of sp³-hybridized carbons (Fsp3) is 0.185. The lowest BCUT2D eigenvalue weighted by Gasteiger charge is -2.20. The maximum absolute atomic E-state index is 12.7. The number of ether oxygens (including phenoxy) is 2. The van der Waals surface area contributed by atoms with Crippen LogP contribution in [0.1, 0.15) is 16.8 Å². The van der Waals surface area contributed by atoms with Crippen LogP contribution < -0.4 is 14.4 Å². The van der Waals surface area contributed by atoms with Crippen LogP contribution in [-0.2, 0) is 4.79 Å². The third kappa shape index (κ3) is 6.38. The second-order valence-corrected chi connectivity index (χ2v) is 9.68. The maximum Gasteiger partial charge on any atom is 0.573 e. The van der Waals surface area contributed by atoms with E-state index < -0.39 is 6.36 Å². The highest BCUT2D eigenvalue weighted by Gasteiger charge is 2.33. The molecule has 41 heavy (non-hydrogen) atoms. The van der Waals surface area contributed by atoms with Crippen LogP contribution in [0.3, 0.4) is 0 Å². The van der Waals surface area contributed by atoms with E-state index in [-0.39, 0.29) is 17.4 Å². The third-order valence-corrected chi connectivity index (χ3v) is 6.79. The first-order valence-electron chi connectivity index (χ1n) is 12.1. The number of anilines is 1. The van der Waals surface area contributed by atoms with Crippen LogP contribution >= 0.6 is 11.8 Å². The number of benzene rings is 2. The Morgan fingerprint density at radius 1 is 1.07 bits per heavy atom. The van der Waals surface area contributed by atoms with Crippen molar-refractivity contribution in [2.45, 2.75) is 20.2 Å². The summed E-state index contributed by atoms with van der Waals surface area (Å²) in [7, 11) is 1.54. The summed E-state index contributed by atoms with van der Waals surface area (Å²) in [6.45, 7) is 3.69. The molecular formula is C27H22F3N7O3S. The van der Waals surface area contributed by atoms with Crippen molar-refractivity contribution >= 4 is 34.7 Å². The third-order valence-electron chi connectivity index (χ3n) is 5.88. The van der Waals surface area contributed by atoms with Crippen molar-refractivity contribution in [2.24, 2.45) is 10.2 Å². The Balaban J connectivity index is 1.28. The van der Waals surface area contributed by atoms with E-state index in [1.807, 2.05) is 38.1 Å². The van der Waals surface area contributed by atoms with Crippen LogP contribution in [0.4, 0.5) is 18.9 Å². The molecule has 0 unspecified atom stereocenters. The highest BCUT2D eigenvalue weighted by atomic mass is 32.2. The summed E-state index contributed by atoms with van der Waals surface area (Å²) in [5.41, 5.74) is 4.16. The molecule has 2 aromatic carbocycles. The monoisotopic (exact) mass is 581 g/mol. The molecule has 5 rings (SSSR count). The number of aryl methyl sites for hydroxylation is 2. The fourth-order valence-corrected chi connectivity index (χ4v) is 4.88. The number of carbonyl (C=O) groups excluding carboxylic acids is 1. The Kier molecular flexibility index (Phi) is 7.75. The summed E-state index contributed by atoms with van der Waals surface area (Å²) >= 11 is 1.30. The van der Waals surface area contributed by atoms with Crippen LogP contribution in [0.25, 0.3) is 17.1 Å². The number of amides is 1. The van der Waals surface area contributed by atoms with Crippen molar-refractivity contribution in [3.8, 4) is 28.7 Å². The van der Waals surface area contributed by atoms with Gasteiger partial charge in [0.1, 0.15) is 12.1 Å². The van der Waals surface area contributed by atoms with Crippen molar-refractivity contribution in [1.29, 1.82) is 0 Å². The molecule has 1 fully saturated rings. The number of halogens is 3. The summed E-state index contributed by atoms with van der Waals surface area (Å²) < 4.78 is 47.7. The van der Waals surface area contributed by atoms with Gasteiger partial charge in [0.2, 0.25) is 11.8 Å². The number of carbonyl (C=O) groups is 1. The Morgan fingerprint density at radius 2 is 1.80 bits per heavy atom. The van der Waals surface area contributed by atoms with Crippen molar-refractivity contribution in [3.63, 3.8) is 0 Å². The standard InChI is InChI=1S/C27H22F3N7O3S/c1-16-12-22(39-3)33-17(2)24(16)37-23(38)14-41-26(37)34-32-13-18-4-6-19(7-5-18)25-31-15-36(35-25)20-8-10-21(11-9-20)40-27(28,29)30/h4-13,15H,14H2,1-3H3. The zero-order valence-corrected chi connectivity index (χ0v) is 22.8. The van der Waals surface area contributed by atoms with Gasteiger partial charge in [-0.1, -0.05) is 36.0 Å². The number of hydrogen-bond acceptors (Lipinski definition) is 9. The van der Waals surface area contributed by atoms with E-state index in [4.69, 9.17) is 4.74 Å². The van der Waals surface area contributed by atoms with Crippen molar-refractivity contribution in [1.82, 2.24) is 19.7 Å². The Morgan fingerprint density at radius 3 is 2.46 bits per heavy atom. The average Bonchev–Trinajstić information content (AvgIpc) is 3.56. The van der Waals surface area contributed by atoms with E-state index in [9.17, 15) is 18.0 Å². The van der Waals surface area contributed by atoms with Crippen LogP contribution in [0.2, 0.25) is 0 Å². The quantitative estimate of drug-likeness (QED) is 0.215. The first-order chi connectivity index (χ1) is 19.6. The van der Waals surface area contributed by atoms with E-state index in [0.29, 0.717) is 33.9 Å². The molecule has 14 heteroatoms. The number of amidine groups is 1. The number of aromatic nitrogens is 4. The van der Waals surface area contributed by atoms with Gasteiger partial charge in [-0.25, -0.2) is 14.6 Å². The predicted molar refractivity (Wildman–Crippen MR) is 149 cm³/mol. The van der Waals surface area contributed by atoms with E-state index in [1.165, 1.54) is 59.0 Å². The zero-order chi connectivity index (χ0) is 29.1. The molecule has 1 aliphatic rings. The minimum Gasteiger partial charge on any atom is -0.481 e. The van der Waals surface area contributed by atoms with E-state index in [0.717, 1.165) is 16.7 Å². The number of pyridine rings is 1. The fourth-order valence-electron chi connectivity index (χ4n) is 4.07. The summed E-state index contributed by atoms with van der Waals surface area (Å²) in [5.74, 6) is 0.721. The molecule has 1 saturated heterocycles. The van der Waals surface area contributed by atoms with Gasteiger partial charge in [0.05, 0.1) is 36.1 Å². The van der Waals surface area contributed by atoms with Crippen LogP contribution in [-0.4, -0.2) is 56.3 Å². The summed E-state index contributed by atoms with van der Waals surface area (Å²) in [6, 6.07) is 14.3. The Bertz CT molecular complexity index is 1610. The lowest BCUT2D eigenvalue weighted by molar-refractivity contribution is -0.274. The van der Waals surface area contributed by atoms with Crippen molar-refractivity contribution in [3.05, 3.63) is 77.7 Å². The van der Waals surface area contributed by atoms with Gasteiger partial charge in [-0.15, -0.1) is 23.4 Å². The molecule has 4 aromatic rings. The molecule has 210 valence electrons. The number of rotatable bonds is 7. The van der Waals surface area contributed by atoms with E-state index >= 15 is 0 Å². The van der Waals surface area contributed by atoms with Crippen molar-refractivity contribution < 1.29 is 27.4 Å². The summed E-state index contributed by atoms with van der Waals surface area (Å²) in [5, 5.41) is 13.3. The smallest absolute Gasteiger partial charge is 0.481 e. The second kappa shape index (κ2) is 11.4. The molecule has 0 radical (unpaired) electrons. The normalized spacial score (nSPS) is 14.8. The summed E-state index contributed by atoms with van der Waals surface area (Å²) in [6.07, 6.45) is -1.72. The molecule has 10 nitrogen and oxygen atoms in total. The number of hydrogen-bond donors (Lipinski definition) is 0. The minimum atomic E-state index is -4.76. The van der Waals surface area contributed by atoms with Gasteiger partial charge in [-0.05, 0) is 49.2 Å². The molecule has 0 aliphatic carbocycles. The van der Waals surface area contributed by atoms with Crippen LogP contribution in [0, 0.1) is 13.8 Å². The molecule has 0 bridgehead atoms. The molecule has 0 N–H and O–H groups in total. The lowest BCUT2D eigenvalue weighted by atomic mass is 10.1. The SMILES string of the molecule is COc1cc(C)c(N2C(=O)CSC2=NN=Cc2ccc(-c3ncn(-c4ccc(OC(F)(F)F)cc4)n3)cc2)c(C)n1. The van der Waals surface area contributed by atoms with Gasteiger partial charge in [0, 0.05) is 11.6 Å². The van der Waals surface area contributed by atoms with Gasteiger partial charge >= 0.3 is 6.36 Å². The Labute approximate surface area is 236 Å². The first kappa shape index (κ1) is 27.8. The van der Waals surface area contributed by atoms with E-state index in [1.54, 1.807) is 12.3 Å². The molecule has 1 amide bonds. The van der Waals surface area contributed by atoms with Gasteiger partial charge in [-0.3, -0.25) is 9.69 Å². The first-order valence-corrected chi connectivity index (χ1v) is 13.1. The molecule has 0 spiro atoms. The van der Waals surface area contributed by atoms with Gasteiger partial charge in [0.25, 0.3) is 0 Å². The predicted octanol–water partition coefficient (Wildman–Crippen LogP) is 5.32. The number of alkyl halides is 3. The van der Waals surface area contributed by atoms with Crippen LogP contribution in [0.5, 0.6) is 11.6 Å². The highest BCUT2D eigenvalue weighted by molar-refractivity contribution is 8.15. The van der Waals surface area contributed by atoms with Crippen LogP contribution in [0.15, 0.2) is 71.1 Å². The van der Waals surface area contributed by atoms with Gasteiger partial charge in [-0.2, -0.15) is 5.10 Å². The van der Waals surface area contributed by atoms with E-state index in [2.05, 4.69) is 30.0 Å². The molecule has 3 heterocycles. The molecule has 1 aliphatic heterocycles. The number of nitrogens with zero attached hydrogens (tertiary/aromatic N) is 7. The Hall–Kier alpha value is -4.72. The maximum atomic E-state index is 12.7. The average molecular weight is 582 g/mol. The molecule has 2 aromatic heterocycles. The molecular weight excluding hydrogens is 559 g/mol. The van der Waals surface area contributed by atoms with Crippen molar-refractivity contribution in [2.75, 3.05) is 17.8 Å². The topological polar surface area (TPSA) is 107 Å². The highest BCUT2D eigenvalue weighted by Crippen LogP contribution is 2.33. The molecule has 0 saturated carbocycles.